The zero-order valence-corrected chi connectivity index (χ0v) is 17.2. The second-order valence-corrected chi connectivity index (χ2v) is 7.73. The molecule has 0 aliphatic heterocycles. The second kappa shape index (κ2) is 8.89. The van der Waals surface area contributed by atoms with E-state index in [0.29, 0.717) is 6.54 Å². The third kappa shape index (κ3) is 4.90. The molecule has 146 valence electrons. The highest BCUT2D eigenvalue weighted by molar-refractivity contribution is 5.87. The van der Waals surface area contributed by atoms with Gasteiger partial charge < -0.3 is 15.1 Å². The van der Waals surface area contributed by atoms with Crippen molar-refractivity contribution in [1.29, 1.82) is 0 Å². The molecule has 0 aliphatic carbocycles. The average molecular weight is 377 g/mol. The van der Waals surface area contributed by atoms with E-state index >= 15 is 0 Å². The minimum atomic E-state index is -0.0224. The molecular formula is C24H30N3O+. The maximum atomic E-state index is 12.6. The summed E-state index contributed by atoms with van der Waals surface area (Å²) in [4.78, 5) is 15.8. The smallest absolute Gasteiger partial charge is 0.275 e. The lowest BCUT2D eigenvalue weighted by atomic mass is 10.00. The Morgan fingerprint density at radius 3 is 2.39 bits per heavy atom. The summed E-state index contributed by atoms with van der Waals surface area (Å²) in [6.45, 7) is 3.32. The predicted octanol–water partition coefficient (Wildman–Crippen LogP) is 2.80. The Balaban J connectivity index is 1.58. The van der Waals surface area contributed by atoms with Gasteiger partial charge in [-0.3, -0.25) is 4.79 Å². The van der Waals surface area contributed by atoms with Crippen molar-refractivity contribution in [3.8, 4) is 0 Å². The van der Waals surface area contributed by atoms with Crippen LogP contribution in [0, 0.1) is 0 Å². The molecule has 0 bridgehead atoms. The van der Waals surface area contributed by atoms with Crippen LogP contribution >= 0.6 is 0 Å². The lowest BCUT2D eigenvalue weighted by Gasteiger charge is -2.19. The molecule has 4 nitrogen and oxygen atoms in total. The predicted molar refractivity (Wildman–Crippen MR) is 117 cm³/mol. The van der Waals surface area contributed by atoms with Gasteiger partial charge in [0.1, 0.15) is 6.54 Å². The number of likely N-dealkylation sites (N-methyl/N-ethyl adjacent to an activating group) is 1. The van der Waals surface area contributed by atoms with Crippen molar-refractivity contribution >= 4 is 22.4 Å². The van der Waals surface area contributed by atoms with Crippen molar-refractivity contribution in [3.05, 3.63) is 77.9 Å². The second-order valence-electron chi connectivity index (χ2n) is 7.73. The molecule has 0 aliphatic rings. The van der Waals surface area contributed by atoms with E-state index in [1.807, 2.05) is 26.2 Å². The first-order chi connectivity index (χ1) is 13.4. The van der Waals surface area contributed by atoms with E-state index in [9.17, 15) is 4.79 Å². The van der Waals surface area contributed by atoms with Crippen LogP contribution in [0.5, 0.6) is 0 Å². The van der Waals surface area contributed by atoms with Crippen LogP contribution < -0.4 is 15.1 Å². The van der Waals surface area contributed by atoms with Crippen LogP contribution in [0.25, 0.3) is 10.8 Å². The summed E-state index contributed by atoms with van der Waals surface area (Å²) in [5.74, 6) is 0.0721. The number of amides is 1. The van der Waals surface area contributed by atoms with Crippen molar-refractivity contribution in [3.63, 3.8) is 0 Å². The average Bonchev–Trinajstić information content (AvgIpc) is 2.67. The van der Waals surface area contributed by atoms with Crippen LogP contribution in [0.2, 0.25) is 0 Å². The van der Waals surface area contributed by atoms with E-state index < -0.39 is 0 Å². The molecule has 0 heterocycles. The summed E-state index contributed by atoms with van der Waals surface area (Å²) in [5.41, 5.74) is 3.57. The Kier molecular flexibility index (Phi) is 6.32. The number of nitrogens with one attached hydrogen (secondary N) is 2. The van der Waals surface area contributed by atoms with Gasteiger partial charge in [0.25, 0.3) is 5.91 Å². The summed E-state index contributed by atoms with van der Waals surface area (Å²) in [6, 6.07) is 23.0. The third-order valence-corrected chi connectivity index (χ3v) is 5.09. The fourth-order valence-corrected chi connectivity index (χ4v) is 3.60. The van der Waals surface area contributed by atoms with Gasteiger partial charge in [-0.1, -0.05) is 54.6 Å². The van der Waals surface area contributed by atoms with Crippen molar-refractivity contribution in [2.75, 3.05) is 32.6 Å². The molecule has 3 aromatic carbocycles. The number of nitrogens with zero attached hydrogens (tertiary/aromatic N) is 1. The molecule has 0 saturated heterocycles. The van der Waals surface area contributed by atoms with Crippen LogP contribution in [-0.2, 0) is 11.3 Å². The summed E-state index contributed by atoms with van der Waals surface area (Å²) in [5, 5.41) is 5.56. The standard InChI is InChI=1S/C24H29N3O/c1-18(22-11-7-9-20-8-5-6-10-23(20)22)25-24(28)17-27(4)16-19-12-14-21(15-13-19)26(2)3/h5-15,18H,16-17H2,1-4H3,(H,25,28)/p+1/t18-/m1/s1. The number of hydrogen-bond acceptors (Lipinski definition) is 2. The number of carbonyl (C=O) groups is 1. The lowest BCUT2D eigenvalue weighted by Crippen LogP contribution is -3.08. The molecule has 0 aromatic heterocycles. The fourth-order valence-electron chi connectivity index (χ4n) is 3.60. The molecule has 3 rings (SSSR count). The van der Waals surface area contributed by atoms with Gasteiger partial charge in [-0.2, -0.15) is 0 Å². The minimum Gasteiger partial charge on any atom is -0.378 e. The molecule has 0 radical (unpaired) electrons. The van der Waals surface area contributed by atoms with Crippen LogP contribution in [0.1, 0.15) is 24.1 Å². The molecule has 1 amide bonds. The van der Waals surface area contributed by atoms with Gasteiger partial charge in [-0.25, -0.2) is 0 Å². The summed E-state index contributed by atoms with van der Waals surface area (Å²) < 4.78 is 0. The highest BCUT2D eigenvalue weighted by Gasteiger charge is 2.15. The molecule has 2 atom stereocenters. The van der Waals surface area contributed by atoms with E-state index in [-0.39, 0.29) is 11.9 Å². The van der Waals surface area contributed by atoms with E-state index in [2.05, 4.69) is 78.8 Å². The van der Waals surface area contributed by atoms with Gasteiger partial charge in [0.05, 0.1) is 13.1 Å². The molecule has 2 N–H and O–H groups in total. The highest BCUT2D eigenvalue weighted by Crippen LogP contribution is 2.23. The third-order valence-electron chi connectivity index (χ3n) is 5.09. The van der Waals surface area contributed by atoms with Gasteiger partial charge >= 0.3 is 0 Å². The first kappa shape index (κ1) is 19.9. The quantitative estimate of drug-likeness (QED) is 0.665. The Hall–Kier alpha value is -2.85. The first-order valence-corrected chi connectivity index (χ1v) is 9.78. The van der Waals surface area contributed by atoms with Crippen molar-refractivity contribution < 1.29 is 9.69 Å². The number of anilines is 1. The summed E-state index contributed by atoms with van der Waals surface area (Å²) in [7, 11) is 6.13. The van der Waals surface area contributed by atoms with Crippen LogP contribution in [-0.4, -0.2) is 33.6 Å². The molecule has 4 heteroatoms. The molecule has 0 saturated carbocycles. The molecule has 0 fully saturated rings. The van der Waals surface area contributed by atoms with E-state index in [0.717, 1.165) is 12.1 Å². The van der Waals surface area contributed by atoms with E-state index in [1.54, 1.807) is 0 Å². The minimum absolute atomic E-state index is 0.0224. The maximum absolute atomic E-state index is 12.6. The molecule has 3 aromatic rings. The number of fused-ring (bicyclic) bond motifs is 1. The highest BCUT2D eigenvalue weighted by atomic mass is 16.2. The van der Waals surface area contributed by atoms with Crippen LogP contribution in [0.3, 0.4) is 0 Å². The summed E-state index contributed by atoms with van der Waals surface area (Å²) >= 11 is 0. The first-order valence-electron chi connectivity index (χ1n) is 9.78. The monoisotopic (exact) mass is 376 g/mol. The molecule has 0 spiro atoms. The number of rotatable bonds is 7. The largest absolute Gasteiger partial charge is 0.378 e. The Bertz CT molecular complexity index is 929. The van der Waals surface area contributed by atoms with Crippen molar-refractivity contribution in [2.45, 2.75) is 19.5 Å². The Morgan fingerprint density at radius 2 is 1.68 bits per heavy atom. The normalized spacial score (nSPS) is 13.1. The van der Waals surface area contributed by atoms with Crippen LogP contribution in [0.4, 0.5) is 5.69 Å². The maximum Gasteiger partial charge on any atom is 0.275 e. The SMILES string of the molecule is C[C@@H](NC(=O)C[NH+](C)Cc1ccc(N(C)C)cc1)c1cccc2ccccc12. The van der Waals surface area contributed by atoms with Crippen LogP contribution in [0.15, 0.2) is 66.7 Å². The Morgan fingerprint density at radius 1 is 1.00 bits per heavy atom. The van der Waals surface area contributed by atoms with Crippen molar-refractivity contribution in [2.24, 2.45) is 0 Å². The number of quaternary nitrogens is 1. The van der Waals surface area contributed by atoms with Crippen molar-refractivity contribution in [1.82, 2.24) is 5.32 Å². The van der Waals surface area contributed by atoms with Gasteiger partial charge in [-0.05, 0) is 35.4 Å². The topological polar surface area (TPSA) is 36.8 Å². The zero-order valence-electron chi connectivity index (χ0n) is 17.2. The zero-order chi connectivity index (χ0) is 20.1. The fraction of sp³-hybridized carbons (Fsp3) is 0.292. The number of hydrogen-bond donors (Lipinski definition) is 2. The van der Waals surface area contributed by atoms with E-state index in [1.165, 1.54) is 26.9 Å². The molecule has 28 heavy (non-hydrogen) atoms. The van der Waals surface area contributed by atoms with E-state index in [4.69, 9.17) is 0 Å². The van der Waals surface area contributed by atoms with Gasteiger partial charge in [0, 0.05) is 25.3 Å². The van der Waals surface area contributed by atoms with Gasteiger partial charge in [-0.15, -0.1) is 0 Å². The number of benzene rings is 3. The van der Waals surface area contributed by atoms with Gasteiger partial charge in [0.2, 0.25) is 0 Å². The molecular weight excluding hydrogens is 346 g/mol. The molecule has 1 unspecified atom stereocenters. The lowest BCUT2D eigenvalue weighted by molar-refractivity contribution is -0.885. The van der Waals surface area contributed by atoms with Gasteiger partial charge in [0.15, 0.2) is 6.54 Å². The number of carbonyl (C=O) groups excluding carboxylic acids is 1. The Labute approximate surface area is 167 Å². The summed E-state index contributed by atoms with van der Waals surface area (Å²) in [6.07, 6.45) is 0.